The van der Waals surface area contributed by atoms with Crippen LogP contribution in [-0.4, -0.2) is 74.1 Å². The summed E-state index contributed by atoms with van der Waals surface area (Å²) in [6.07, 6.45) is -9.33. The van der Waals surface area contributed by atoms with E-state index in [4.69, 9.17) is 10.2 Å². The summed E-state index contributed by atoms with van der Waals surface area (Å²) in [6, 6.07) is 0. The number of hydrogen-bond acceptors (Lipinski definition) is 7. The van der Waals surface area contributed by atoms with E-state index in [1.165, 1.54) is 0 Å². The van der Waals surface area contributed by atoms with Gasteiger partial charge in [-0.25, -0.2) is 0 Å². The second-order valence-electron chi connectivity index (χ2n) is 3.21. The van der Waals surface area contributed by atoms with Gasteiger partial charge >= 0.3 is 0 Å². The van der Waals surface area contributed by atoms with Crippen molar-refractivity contribution in [1.82, 2.24) is 0 Å². The summed E-state index contributed by atoms with van der Waals surface area (Å²) in [4.78, 5) is 0. The van der Waals surface area contributed by atoms with Gasteiger partial charge in [-0.05, 0) is 0 Å². The van der Waals surface area contributed by atoms with Crippen molar-refractivity contribution in [2.24, 2.45) is 0 Å². The zero-order chi connectivity index (χ0) is 10.9. The van der Waals surface area contributed by atoms with Crippen LogP contribution in [0.4, 0.5) is 0 Å². The van der Waals surface area contributed by atoms with E-state index < -0.39 is 43.4 Å². The van der Waals surface area contributed by atoms with E-state index in [1.807, 2.05) is 0 Å². The Morgan fingerprint density at radius 3 is 1.43 bits per heavy atom. The molecule has 84 valence electrons. The lowest BCUT2D eigenvalue weighted by Crippen LogP contribution is -2.64. The minimum Gasteiger partial charge on any atom is -0.387 e. The summed E-state index contributed by atoms with van der Waals surface area (Å²) in [5.41, 5.74) is 0. The highest BCUT2D eigenvalue weighted by Crippen LogP contribution is 2.23. The highest BCUT2D eigenvalue weighted by molar-refractivity contribution is 4.99. The lowest BCUT2D eigenvalue weighted by Gasteiger charge is -2.41. The molecule has 0 amide bonds. The lowest BCUT2D eigenvalue weighted by atomic mass is 9.85. The number of hydrogen-bond donors (Lipinski definition) is 6. The molecule has 0 aromatic heterocycles. The van der Waals surface area contributed by atoms with E-state index in [2.05, 4.69) is 4.74 Å². The molecule has 0 heterocycles. The van der Waals surface area contributed by atoms with Gasteiger partial charge in [0.1, 0.15) is 43.4 Å². The molecule has 14 heavy (non-hydrogen) atoms. The highest BCUT2D eigenvalue weighted by Gasteiger charge is 2.48. The van der Waals surface area contributed by atoms with Crippen LogP contribution in [0, 0.1) is 0 Å². The molecule has 6 atom stereocenters. The van der Waals surface area contributed by atoms with E-state index in [1.54, 1.807) is 0 Å². The van der Waals surface area contributed by atoms with E-state index in [9.17, 15) is 20.4 Å². The predicted octanol–water partition coefficient (Wildman–Crippen LogP) is -3.86. The summed E-state index contributed by atoms with van der Waals surface area (Å²) in [5, 5.41) is 54.6. The Kier molecular flexibility index (Phi) is 3.78. The summed E-state index contributed by atoms with van der Waals surface area (Å²) in [6.45, 7) is -0.770. The molecule has 0 aromatic carbocycles. The monoisotopic (exact) mass is 210 g/mol. The third-order valence-corrected chi connectivity index (χ3v) is 2.34. The fraction of sp³-hybridized carbons (Fsp3) is 1.00. The predicted molar refractivity (Wildman–Crippen MR) is 42.0 cm³/mol. The number of rotatable bonds is 2. The molecule has 1 saturated carbocycles. The molecule has 1 fully saturated rings. The van der Waals surface area contributed by atoms with Crippen LogP contribution in [0.15, 0.2) is 0 Å². The van der Waals surface area contributed by atoms with Gasteiger partial charge in [-0.3, -0.25) is 0 Å². The minimum atomic E-state index is -1.64. The maximum Gasteiger partial charge on any atom is 0.144 e. The van der Waals surface area contributed by atoms with Crippen LogP contribution in [0.2, 0.25) is 0 Å². The fourth-order valence-corrected chi connectivity index (χ4v) is 1.48. The van der Waals surface area contributed by atoms with Crippen molar-refractivity contribution in [3.63, 3.8) is 0 Å². The van der Waals surface area contributed by atoms with Crippen molar-refractivity contribution in [2.75, 3.05) is 6.79 Å². The van der Waals surface area contributed by atoms with Crippen LogP contribution < -0.4 is 0 Å². The van der Waals surface area contributed by atoms with E-state index in [0.717, 1.165) is 0 Å². The average molecular weight is 210 g/mol. The Morgan fingerprint density at radius 2 is 1.07 bits per heavy atom. The van der Waals surface area contributed by atoms with Crippen LogP contribution in [-0.2, 0) is 4.74 Å². The standard InChI is InChI=1S/C7H14O7/c8-1-14-7-5(12)3(10)2(9)4(11)6(7)13/h2-13H,1H2/t2?,3-,4+,5+,6-,7?. The van der Waals surface area contributed by atoms with Crippen molar-refractivity contribution >= 4 is 0 Å². The maximum absolute atomic E-state index is 9.31. The van der Waals surface area contributed by atoms with E-state index >= 15 is 0 Å². The molecule has 1 aliphatic rings. The number of aliphatic hydroxyl groups excluding tert-OH is 6. The molecule has 1 rings (SSSR count). The first kappa shape index (κ1) is 11.8. The van der Waals surface area contributed by atoms with Gasteiger partial charge < -0.3 is 35.4 Å². The fourth-order valence-electron chi connectivity index (χ4n) is 1.48. The third kappa shape index (κ3) is 1.89. The summed E-state index contributed by atoms with van der Waals surface area (Å²) < 4.78 is 4.52. The number of aliphatic hydroxyl groups is 6. The Balaban J connectivity index is 2.75. The van der Waals surface area contributed by atoms with Crippen LogP contribution in [0.5, 0.6) is 0 Å². The van der Waals surface area contributed by atoms with Gasteiger partial charge in [0.25, 0.3) is 0 Å². The molecule has 2 unspecified atom stereocenters. The average Bonchev–Trinajstić information content (AvgIpc) is 2.19. The molecule has 0 bridgehead atoms. The van der Waals surface area contributed by atoms with Crippen molar-refractivity contribution in [3.05, 3.63) is 0 Å². The van der Waals surface area contributed by atoms with Crippen LogP contribution >= 0.6 is 0 Å². The second-order valence-corrected chi connectivity index (χ2v) is 3.21. The Labute approximate surface area is 79.8 Å². The smallest absolute Gasteiger partial charge is 0.144 e. The van der Waals surface area contributed by atoms with Gasteiger partial charge in [0.2, 0.25) is 0 Å². The Bertz CT molecular complexity index is 171. The lowest BCUT2D eigenvalue weighted by molar-refractivity contribution is -0.247. The van der Waals surface area contributed by atoms with Gasteiger partial charge in [0.05, 0.1) is 0 Å². The Morgan fingerprint density at radius 1 is 0.714 bits per heavy atom. The quantitative estimate of drug-likeness (QED) is 0.257. The summed E-state index contributed by atoms with van der Waals surface area (Å²) in [7, 11) is 0. The first-order valence-corrected chi connectivity index (χ1v) is 4.13. The number of ether oxygens (including phenoxy) is 1. The summed E-state index contributed by atoms with van der Waals surface area (Å²) in [5.74, 6) is 0. The first-order valence-electron chi connectivity index (χ1n) is 4.13. The molecule has 6 N–H and O–H groups in total. The third-order valence-electron chi connectivity index (χ3n) is 2.34. The molecule has 0 radical (unpaired) electrons. The highest BCUT2D eigenvalue weighted by atomic mass is 16.6. The van der Waals surface area contributed by atoms with Crippen LogP contribution in [0.3, 0.4) is 0 Å². The van der Waals surface area contributed by atoms with E-state index in [-0.39, 0.29) is 0 Å². The molecule has 7 heteroatoms. The van der Waals surface area contributed by atoms with Crippen molar-refractivity contribution in [2.45, 2.75) is 36.6 Å². The molecule has 0 saturated heterocycles. The zero-order valence-corrected chi connectivity index (χ0v) is 7.26. The van der Waals surface area contributed by atoms with Crippen LogP contribution in [0.25, 0.3) is 0 Å². The molecule has 7 nitrogen and oxygen atoms in total. The normalized spacial score (nSPS) is 49.3. The van der Waals surface area contributed by atoms with Gasteiger partial charge in [-0.1, -0.05) is 0 Å². The molecule has 0 aromatic rings. The van der Waals surface area contributed by atoms with Crippen molar-refractivity contribution < 1.29 is 35.4 Å². The van der Waals surface area contributed by atoms with Crippen LogP contribution in [0.1, 0.15) is 0 Å². The SMILES string of the molecule is OCOC1[C@@H](O)[C@H](O)C(O)[C@H](O)[C@H]1O. The first-order chi connectivity index (χ1) is 6.50. The largest absolute Gasteiger partial charge is 0.387 e. The summed E-state index contributed by atoms with van der Waals surface area (Å²) >= 11 is 0. The maximum atomic E-state index is 9.31. The minimum absolute atomic E-state index is 0.770. The van der Waals surface area contributed by atoms with Crippen molar-refractivity contribution in [1.29, 1.82) is 0 Å². The molecule has 1 aliphatic carbocycles. The van der Waals surface area contributed by atoms with E-state index in [0.29, 0.717) is 0 Å². The van der Waals surface area contributed by atoms with Crippen molar-refractivity contribution in [3.8, 4) is 0 Å². The molecule has 0 spiro atoms. The Hall–Kier alpha value is -0.280. The topological polar surface area (TPSA) is 131 Å². The molecular weight excluding hydrogens is 196 g/mol. The van der Waals surface area contributed by atoms with Gasteiger partial charge in [0, 0.05) is 0 Å². The molecule has 0 aliphatic heterocycles. The van der Waals surface area contributed by atoms with Gasteiger partial charge in [0.15, 0.2) is 0 Å². The van der Waals surface area contributed by atoms with Gasteiger partial charge in [-0.2, -0.15) is 0 Å². The zero-order valence-electron chi connectivity index (χ0n) is 7.26. The second kappa shape index (κ2) is 4.49. The molecular formula is C7H14O7. The van der Waals surface area contributed by atoms with Gasteiger partial charge in [-0.15, -0.1) is 0 Å².